The number of esters is 1. The van der Waals surface area contributed by atoms with E-state index in [-0.39, 0.29) is 35.7 Å². The van der Waals surface area contributed by atoms with Crippen molar-refractivity contribution < 1.29 is 46.5 Å². The van der Waals surface area contributed by atoms with Gasteiger partial charge in [0.15, 0.2) is 0 Å². The van der Waals surface area contributed by atoms with Crippen molar-refractivity contribution in [3.63, 3.8) is 0 Å². The molecule has 2 aromatic carbocycles. The molecule has 0 bridgehead atoms. The molecule has 0 amide bonds. The van der Waals surface area contributed by atoms with E-state index < -0.39 is 21.5 Å². The predicted molar refractivity (Wildman–Crippen MR) is 154 cm³/mol. The van der Waals surface area contributed by atoms with E-state index in [2.05, 4.69) is 86.3 Å². The SMILES string of the molecule is O=C1OC(S(=O)(=O)[O-])c2c(I)c(I)c(I)c(I)c21.Oc1cc(Br)c(Br)c(Br)c1Br.[Li+]. The Labute approximate surface area is 272 Å². The summed E-state index contributed by atoms with van der Waals surface area (Å²) < 4.78 is 44.2. The topological polar surface area (TPSA) is 104 Å². The Morgan fingerprint density at radius 2 is 1.43 bits per heavy atom. The standard InChI is InChI=1S/C8H2I4O5S.C6H2Br4O.Li/c9-3-1-2(4(10)6(12)5(3)11)8(17-7(1)13)18(14,15)16;7-2-1-3(11)5(9)6(10)4(2)8;/h8H,(H,14,15,16);1,11H;/q;;+1/p-1. The summed E-state index contributed by atoms with van der Waals surface area (Å²) in [6, 6.07) is 1.61. The summed E-state index contributed by atoms with van der Waals surface area (Å²) in [4.78, 5) is 11.7. The summed E-state index contributed by atoms with van der Waals surface area (Å²) >= 11 is 21.1. The third kappa shape index (κ3) is 6.63. The van der Waals surface area contributed by atoms with E-state index in [1.807, 2.05) is 67.8 Å². The molecule has 158 valence electrons. The molecule has 1 N–H and O–H groups in total. The number of rotatable bonds is 1. The number of benzene rings is 2. The normalized spacial score (nSPS) is 15.0. The number of hydrogen-bond donors (Lipinski definition) is 1. The zero-order valence-corrected chi connectivity index (χ0v) is 29.9. The van der Waals surface area contributed by atoms with Crippen molar-refractivity contribution in [3.05, 3.63) is 49.4 Å². The maximum absolute atomic E-state index is 11.7. The number of fused-ring (bicyclic) bond motifs is 1. The average Bonchev–Trinajstić information content (AvgIpc) is 2.99. The zero-order chi connectivity index (χ0) is 22.4. The third-order valence-electron chi connectivity index (χ3n) is 3.30. The Balaban J connectivity index is 0.000000324. The summed E-state index contributed by atoms with van der Waals surface area (Å²) in [6.07, 6.45) is 0. The first-order valence-corrected chi connectivity index (χ1v) is 15.7. The molecule has 1 unspecified atom stereocenters. The molecule has 1 aliphatic heterocycles. The van der Waals surface area contributed by atoms with Gasteiger partial charge >= 0.3 is 24.8 Å². The Hall–Kier alpha value is 3.06. The smallest absolute Gasteiger partial charge is 0.745 e. The second-order valence-corrected chi connectivity index (χ2v) is 14.1. The molecule has 16 heteroatoms. The zero-order valence-electron chi connectivity index (χ0n) is 14.1. The number of phenols is 1. The predicted octanol–water partition coefficient (Wildman–Crippen LogP) is 4.27. The van der Waals surface area contributed by atoms with Gasteiger partial charge in [0.1, 0.15) is 15.9 Å². The summed E-state index contributed by atoms with van der Waals surface area (Å²) in [6.45, 7) is 0. The summed E-state index contributed by atoms with van der Waals surface area (Å²) in [5.41, 5.74) is -1.37. The number of halogens is 8. The van der Waals surface area contributed by atoms with Gasteiger partial charge in [0, 0.05) is 28.8 Å². The minimum atomic E-state index is -4.72. The van der Waals surface area contributed by atoms with Gasteiger partial charge in [-0.2, -0.15) is 0 Å². The summed E-state index contributed by atoms with van der Waals surface area (Å²) in [7, 11) is -4.72. The van der Waals surface area contributed by atoms with Crippen LogP contribution < -0.4 is 18.9 Å². The molecule has 1 atom stereocenters. The molecule has 1 aliphatic rings. The van der Waals surface area contributed by atoms with Crippen LogP contribution in [-0.2, 0) is 14.9 Å². The van der Waals surface area contributed by atoms with Gasteiger partial charge in [-0.05, 0) is 160 Å². The second kappa shape index (κ2) is 12.3. The number of hydrogen-bond acceptors (Lipinski definition) is 6. The first-order chi connectivity index (χ1) is 13.2. The number of cyclic esters (lactones) is 1. The van der Waals surface area contributed by atoms with E-state index in [1.165, 1.54) is 0 Å². The van der Waals surface area contributed by atoms with Crippen LogP contribution in [0.4, 0.5) is 0 Å². The molecule has 3 rings (SSSR count). The third-order valence-corrected chi connectivity index (χ3v) is 16.3. The van der Waals surface area contributed by atoms with Gasteiger partial charge in [0.05, 0.1) is 14.5 Å². The van der Waals surface area contributed by atoms with Crippen molar-refractivity contribution in [2.75, 3.05) is 0 Å². The molecule has 0 aromatic heterocycles. The van der Waals surface area contributed by atoms with Gasteiger partial charge < -0.3 is 14.4 Å². The molecule has 0 radical (unpaired) electrons. The van der Waals surface area contributed by atoms with Crippen molar-refractivity contribution in [1.29, 1.82) is 0 Å². The summed E-state index contributed by atoms with van der Waals surface area (Å²) in [5, 5.41) is 9.28. The van der Waals surface area contributed by atoms with Crippen LogP contribution in [0.2, 0.25) is 0 Å². The van der Waals surface area contributed by atoms with Gasteiger partial charge in [-0.3, -0.25) is 0 Å². The van der Waals surface area contributed by atoms with E-state index >= 15 is 0 Å². The minimum Gasteiger partial charge on any atom is -0.745 e. The van der Waals surface area contributed by atoms with Crippen LogP contribution in [0.3, 0.4) is 0 Å². The Kier molecular flexibility index (Phi) is 12.8. The van der Waals surface area contributed by atoms with E-state index in [1.54, 1.807) is 6.07 Å². The van der Waals surface area contributed by atoms with Gasteiger partial charge in [-0.1, -0.05) is 0 Å². The van der Waals surface area contributed by atoms with Crippen molar-refractivity contribution in [3.8, 4) is 5.75 Å². The molecule has 30 heavy (non-hydrogen) atoms. The molecule has 0 saturated heterocycles. The van der Waals surface area contributed by atoms with E-state index in [0.29, 0.717) is 11.6 Å². The van der Waals surface area contributed by atoms with E-state index in [0.717, 1.165) is 20.6 Å². The molecular formula is C14H3Br4I4LiO6S. The van der Waals surface area contributed by atoms with Crippen LogP contribution in [0.1, 0.15) is 21.4 Å². The minimum absolute atomic E-state index is 0. The second-order valence-electron chi connectivity index (χ2n) is 5.09. The first kappa shape index (κ1) is 31.1. The number of carbonyl (C=O) groups excluding carboxylic acids is 1. The molecule has 2 aromatic rings. The van der Waals surface area contributed by atoms with Crippen LogP contribution in [0.15, 0.2) is 24.0 Å². The fourth-order valence-electron chi connectivity index (χ4n) is 2.05. The fourth-order valence-corrected chi connectivity index (χ4v) is 8.71. The van der Waals surface area contributed by atoms with Crippen molar-refractivity contribution >= 4 is 170 Å². The molecular weight excluding hydrogens is 1130 g/mol. The first-order valence-electron chi connectivity index (χ1n) is 6.73. The fraction of sp³-hybridized carbons (Fsp3) is 0.0714. The van der Waals surface area contributed by atoms with Gasteiger partial charge in [0.25, 0.3) is 0 Å². The van der Waals surface area contributed by atoms with Crippen LogP contribution in [-0.4, -0.2) is 24.0 Å². The Morgan fingerprint density at radius 3 is 1.93 bits per heavy atom. The molecule has 1 heterocycles. The average molecular weight is 1130 g/mol. The number of carbonyl (C=O) groups is 1. The Morgan fingerprint density at radius 1 is 0.933 bits per heavy atom. The van der Waals surface area contributed by atoms with Crippen molar-refractivity contribution in [2.24, 2.45) is 0 Å². The van der Waals surface area contributed by atoms with Crippen molar-refractivity contribution in [2.45, 2.75) is 5.44 Å². The quantitative estimate of drug-likeness (QED) is 0.115. The monoisotopic (exact) mass is 1130 g/mol. The van der Waals surface area contributed by atoms with Crippen LogP contribution in [0.5, 0.6) is 5.75 Å². The van der Waals surface area contributed by atoms with Crippen LogP contribution in [0, 0.1) is 14.3 Å². The molecule has 6 nitrogen and oxygen atoms in total. The van der Waals surface area contributed by atoms with Gasteiger partial charge in [0.2, 0.25) is 5.44 Å². The molecule has 0 aliphatic carbocycles. The van der Waals surface area contributed by atoms with E-state index in [9.17, 15) is 22.9 Å². The Bertz CT molecular complexity index is 1120. The number of ether oxygens (including phenoxy) is 1. The van der Waals surface area contributed by atoms with Gasteiger partial charge in [-0.15, -0.1) is 0 Å². The number of phenolic OH excluding ortho intramolecular Hbond substituents is 1. The maximum atomic E-state index is 11.7. The number of aromatic hydroxyl groups is 1. The molecule has 0 fully saturated rings. The largest absolute Gasteiger partial charge is 1.00 e. The van der Waals surface area contributed by atoms with E-state index in [4.69, 9.17) is 4.74 Å². The molecule has 0 saturated carbocycles. The van der Waals surface area contributed by atoms with Crippen molar-refractivity contribution in [1.82, 2.24) is 0 Å². The van der Waals surface area contributed by atoms with Crippen LogP contribution >= 0.6 is 154 Å². The maximum Gasteiger partial charge on any atom is 1.00 e. The summed E-state index contributed by atoms with van der Waals surface area (Å²) in [5.74, 6) is -0.557. The van der Waals surface area contributed by atoms with Gasteiger partial charge in [-0.25, -0.2) is 13.2 Å². The van der Waals surface area contributed by atoms with Crippen LogP contribution in [0.25, 0.3) is 0 Å². The molecule has 0 spiro atoms.